The molecule has 1 fully saturated rings. The Balaban J connectivity index is 0.00000204. The minimum atomic E-state index is -3.67. The van der Waals surface area contributed by atoms with Crippen LogP contribution in [0.4, 0.5) is 5.95 Å². The quantitative estimate of drug-likeness (QED) is 0.293. The summed E-state index contributed by atoms with van der Waals surface area (Å²) in [7, 11) is 0.265. The molecular weight excluding hydrogens is 604 g/mol. The molecule has 3 aromatic rings. The van der Waals surface area contributed by atoms with Gasteiger partial charge in [0.05, 0.1) is 28.4 Å². The first-order valence-corrected chi connectivity index (χ1v) is 15.0. The molecule has 0 radical (unpaired) electrons. The maximum atomic E-state index is 13.1. The van der Waals surface area contributed by atoms with Gasteiger partial charge in [-0.2, -0.15) is 8.42 Å². The van der Waals surface area contributed by atoms with Crippen LogP contribution in [0.5, 0.6) is 0 Å². The largest absolute Gasteiger partial charge is 0.412 e. The van der Waals surface area contributed by atoms with Gasteiger partial charge in [0.2, 0.25) is 11.9 Å². The number of carbonyl (C=O) groups is 2. The van der Waals surface area contributed by atoms with Crippen LogP contribution < -0.4 is 5.32 Å². The number of para-hydroxylation sites is 1. The summed E-state index contributed by atoms with van der Waals surface area (Å²) in [4.78, 5) is 38.8. The number of likely N-dealkylation sites (N-methyl/N-ethyl adjacent to an activating group) is 1. The van der Waals surface area contributed by atoms with E-state index in [9.17, 15) is 18.0 Å². The third kappa shape index (κ3) is 12.0. The molecule has 43 heavy (non-hydrogen) atoms. The molecule has 2 amide bonds. The number of benzene rings is 1. The maximum Gasteiger partial charge on any atom is 0.261 e. The summed E-state index contributed by atoms with van der Waals surface area (Å²) in [6.07, 6.45) is 8.58. The number of imidazole rings is 1. The number of aryl methyl sites for hydroxylation is 1. The summed E-state index contributed by atoms with van der Waals surface area (Å²) in [6, 6.07) is 8.88. The summed E-state index contributed by atoms with van der Waals surface area (Å²) in [5, 5.41) is 3.54. The van der Waals surface area contributed by atoms with Gasteiger partial charge in [-0.1, -0.05) is 23.7 Å². The minimum absolute atomic E-state index is 0. The van der Waals surface area contributed by atoms with Crippen molar-refractivity contribution in [3.63, 3.8) is 0 Å². The molecule has 240 valence electrons. The average Bonchev–Trinajstić information content (AvgIpc) is 3.04. The highest BCUT2D eigenvalue weighted by Crippen LogP contribution is 2.34. The van der Waals surface area contributed by atoms with Crippen molar-refractivity contribution in [1.29, 1.82) is 0 Å². The first kappa shape index (κ1) is 39.6. The van der Waals surface area contributed by atoms with Crippen molar-refractivity contribution in [2.24, 2.45) is 0 Å². The Labute approximate surface area is 256 Å². The fraction of sp³-hybridized carbons (Fsp3) is 0.407. The predicted molar refractivity (Wildman–Crippen MR) is 167 cm³/mol. The Morgan fingerprint density at radius 1 is 1.19 bits per heavy atom. The number of hydrogen-bond acceptors (Lipinski definition) is 7. The minimum Gasteiger partial charge on any atom is -0.412 e. The summed E-state index contributed by atoms with van der Waals surface area (Å²) in [6.45, 7) is 3.75. The number of aromatic nitrogens is 3. The molecule has 16 heteroatoms. The second kappa shape index (κ2) is 17.6. The van der Waals surface area contributed by atoms with E-state index in [0.717, 1.165) is 30.5 Å². The second-order valence-electron chi connectivity index (χ2n) is 9.88. The molecule has 1 aliphatic rings. The van der Waals surface area contributed by atoms with E-state index >= 15 is 0 Å². The third-order valence-electron chi connectivity index (χ3n) is 6.10. The fourth-order valence-corrected chi connectivity index (χ4v) is 4.67. The molecule has 0 aliphatic carbocycles. The van der Waals surface area contributed by atoms with E-state index < -0.39 is 10.1 Å². The smallest absolute Gasteiger partial charge is 0.261 e. The van der Waals surface area contributed by atoms with Gasteiger partial charge in [0, 0.05) is 43.2 Å². The summed E-state index contributed by atoms with van der Waals surface area (Å²) in [5.41, 5.74) is 2.73. The maximum absolute atomic E-state index is 13.1. The van der Waals surface area contributed by atoms with Gasteiger partial charge in [0.1, 0.15) is 0 Å². The number of fused-ring (bicyclic) bond motifs is 1. The predicted octanol–water partition coefficient (Wildman–Crippen LogP) is 1.35. The molecule has 2 aromatic heterocycles. The van der Waals surface area contributed by atoms with Gasteiger partial charge in [-0.15, -0.1) is 0 Å². The van der Waals surface area contributed by atoms with Crippen LogP contribution in [0.2, 0.25) is 5.02 Å². The number of pyridine rings is 1. The van der Waals surface area contributed by atoms with Gasteiger partial charge < -0.3 is 30.8 Å². The zero-order valence-electron chi connectivity index (χ0n) is 24.5. The lowest BCUT2D eigenvalue weighted by atomic mass is 10.1. The molecule has 1 aromatic carbocycles. The molecule has 1 atom stereocenters. The van der Waals surface area contributed by atoms with Crippen LogP contribution in [0.1, 0.15) is 41.4 Å². The van der Waals surface area contributed by atoms with E-state index in [1.807, 2.05) is 59.7 Å². The number of carbonyl (C=O) groups excluding carboxylic acids is 2. The Bertz CT molecular complexity index is 1490. The lowest BCUT2D eigenvalue weighted by molar-refractivity contribution is -0.126. The highest BCUT2D eigenvalue weighted by atomic mass is 35.5. The van der Waals surface area contributed by atoms with Crippen LogP contribution in [-0.2, 0) is 14.9 Å². The van der Waals surface area contributed by atoms with E-state index in [4.69, 9.17) is 21.1 Å². The highest BCUT2D eigenvalue weighted by molar-refractivity contribution is 7.85. The number of amides is 2. The number of anilines is 1. The average molecular weight is 645 g/mol. The Morgan fingerprint density at radius 2 is 1.86 bits per heavy atom. The van der Waals surface area contributed by atoms with E-state index in [1.54, 1.807) is 24.4 Å². The lowest BCUT2D eigenvalue weighted by Crippen LogP contribution is -2.34. The fourth-order valence-electron chi connectivity index (χ4n) is 4.41. The SMILES string of the molecule is CS(=O)(=O)O.Cc1cc(C(=O)Nc2nc3cccc(Cl)c3n2[C@@H]2CCCCN(C(=O)/C=C/CN(C)C)C2)ccn1.O.O.O. The van der Waals surface area contributed by atoms with Gasteiger partial charge in [0.25, 0.3) is 16.0 Å². The molecule has 1 aliphatic heterocycles. The topological polar surface area (TPSA) is 232 Å². The van der Waals surface area contributed by atoms with Crippen molar-refractivity contribution in [2.75, 3.05) is 45.3 Å². The van der Waals surface area contributed by atoms with E-state index in [2.05, 4.69) is 10.3 Å². The number of rotatable bonds is 6. The molecule has 0 bridgehead atoms. The van der Waals surface area contributed by atoms with E-state index in [-0.39, 0.29) is 34.3 Å². The molecule has 0 spiro atoms. The van der Waals surface area contributed by atoms with E-state index in [1.165, 1.54) is 0 Å². The van der Waals surface area contributed by atoms with Crippen molar-refractivity contribution in [2.45, 2.75) is 32.2 Å². The molecule has 0 unspecified atom stereocenters. The number of nitrogens with zero attached hydrogens (tertiary/aromatic N) is 5. The standard InChI is InChI=1S/C26H31ClN6O2.CH4O3S.3H2O/c1-18-16-19(12-13-28-18)25(35)30-26-29-22-10-6-9-21(27)24(22)33(26)20-8-4-5-15-32(17-20)23(34)11-7-14-31(2)3;1-5(2,3)4;;;/h6-7,9-13,16,20H,4-5,8,14-15,17H2,1-3H3,(H,29,30,35);1H3,(H,2,3,4);3*1H2/b11-7+;;;;/t20-;;;;/m1..../s1. The first-order valence-electron chi connectivity index (χ1n) is 12.8. The monoisotopic (exact) mass is 644 g/mol. The van der Waals surface area contributed by atoms with Crippen molar-refractivity contribution < 1.29 is 39.0 Å². The van der Waals surface area contributed by atoms with Crippen molar-refractivity contribution in [3.05, 3.63) is 65.0 Å². The molecule has 0 saturated carbocycles. The zero-order chi connectivity index (χ0) is 29.4. The molecule has 4 rings (SSSR count). The summed E-state index contributed by atoms with van der Waals surface area (Å²) >= 11 is 6.63. The molecule has 8 N–H and O–H groups in total. The van der Waals surface area contributed by atoms with Crippen LogP contribution in [0.15, 0.2) is 48.7 Å². The number of halogens is 1. The molecule has 3 heterocycles. The number of nitrogens with one attached hydrogen (secondary N) is 1. The van der Waals surface area contributed by atoms with Crippen LogP contribution in [-0.4, -0.2) is 106 Å². The molecular formula is C27H41ClN6O8S. The van der Waals surface area contributed by atoms with Crippen LogP contribution >= 0.6 is 11.6 Å². The van der Waals surface area contributed by atoms with Crippen LogP contribution in [0.3, 0.4) is 0 Å². The Kier molecular flexibility index (Phi) is 16.2. The normalized spacial score (nSPS) is 15.0. The summed E-state index contributed by atoms with van der Waals surface area (Å²) in [5.74, 6) is 0.151. The van der Waals surface area contributed by atoms with Crippen molar-refractivity contribution >= 4 is 50.5 Å². The number of hydrogen-bond donors (Lipinski definition) is 2. The highest BCUT2D eigenvalue weighted by Gasteiger charge is 2.27. The van der Waals surface area contributed by atoms with E-state index in [0.29, 0.717) is 47.9 Å². The van der Waals surface area contributed by atoms with Gasteiger partial charge >= 0.3 is 0 Å². The Hall–Kier alpha value is -3.44. The van der Waals surface area contributed by atoms with Gasteiger partial charge in [-0.3, -0.25) is 24.4 Å². The van der Waals surface area contributed by atoms with Gasteiger partial charge in [0.15, 0.2) is 0 Å². The lowest BCUT2D eigenvalue weighted by Gasteiger charge is -2.26. The zero-order valence-corrected chi connectivity index (χ0v) is 26.1. The van der Waals surface area contributed by atoms with Gasteiger partial charge in [-0.25, -0.2) is 4.98 Å². The summed E-state index contributed by atoms with van der Waals surface area (Å²) < 4.78 is 27.9. The first-order chi connectivity index (χ1) is 18.8. The van der Waals surface area contributed by atoms with Crippen molar-refractivity contribution in [3.8, 4) is 0 Å². The van der Waals surface area contributed by atoms with Crippen LogP contribution in [0.25, 0.3) is 11.0 Å². The van der Waals surface area contributed by atoms with Crippen LogP contribution in [0, 0.1) is 6.92 Å². The molecule has 1 saturated heterocycles. The van der Waals surface area contributed by atoms with Gasteiger partial charge in [-0.05, 0) is 64.5 Å². The second-order valence-corrected chi connectivity index (χ2v) is 11.8. The van der Waals surface area contributed by atoms with Crippen molar-refractivity contribution in [1.82, 2.24) is 24.3 Å². The number of likely N-dealkylation sites (tertiary alicyclic amines) is 1. The molecule has 14 nitrogen and oxygen atoms in total. The Morgan fingerprint density at radius 3 is 2.49 bits per heavy atom. The third-order valence-corrected chi connectivity index (χ3v) is 6.40.